The molecule has 0 aromatic rings. The maximum atomic E-state index is 6.14. The van der Waals surface area contributed by atoms with Gasteiger partial charge in [0, 0.05) is 24.6 Å². The maximum Gasteiger partial charge on any atom is 0.101 e. The van der Waals surface area contributed by atoms with Gasteiger partial charge in [-0.2, -0.15) is 0 Å². The predicted molar refractivity (Wildman–Crippen MR) is 110 cm³/mol. The second-order valence-electron chi connectivity index (χ2n) is 9.22. The molecule has 4 bridgehead atoms. The van der Waals surface area contributed by atoms with Gasteiger partial charge in [0.25, 0.3) is 0 Å². The molecule has 8 heteroatoms. The lowest BCUT2D eigenvalue weighted by Crippen LogP contribution is -3.00. The molecule has 8 aliphatic heterocycles. The lowest BCUT2D eigenvalue weighted by Gasteiger charge is -2.50. The summed E-state index contributed by atoms with van der Waals surface area (Å²) in [6.07, 6.45) is 5.47. The number of nitrogens with zero attached hydrogens (tertiary/aromatic N) is 2. The van der Waals surface area contributed by atoms with Crippen LogP contribution in [0.3, 0.4) is 0 Å². The summed E-state index contributed by atoms with van der Waals surface area (Å²) in [6.45, 7) is 12.0. The van der Waals surface area contributed by atoms with E-state index >= 15 is 0 Å². The molecule has 0 radical (unpaired) electrons. The Morgan fingerprint density at radius 1 is 0.679 bits per heavy atom. The summed E-state index contributed by atoms with van der Waals surface area (Å²) >= 11 is 3.99. The number of ether oxygens (including phenoxy) is 2. The SMILES string of the molecule is C[C@@H]1O[C@@]2(CS1)CN1CCC2CC1.C[C@H]1O[C@]2(CS1)CN1CCC2CC1.[Cl-].[Cl-]. The molecule has 2 spiro atoms. The number of piperidine rings is 6. The van der Waals surface area contributed by atoms with Crippen molar-refractivity contribution in [2.45, 2.75) is 61.6 Å². The van der Waals surface area contributed by atoms with Crippen LogP contribution < -0.4 is 24.8 Å². The Labute approximate surface area is 191 Å². The zero-order valence-electron chi connectivity index (χ0n) is 17.1. The van der Waals surface area contributed by atoms with Crippen molar-refractivity contribution < 1.29 is 34.3 Å². The number of thioether (sulfide) groups is 2. The van der Waals surface area contributed by atoms with Crippen molar-refractivity contribution in [2.75, 3.05) is 50.8 Å². The van der Waals surface area contributed by atoms with Crippen molar-refractivity contribution in [2.24, 2.45) is 11.8 Å². The lowest BCUT2D eigenvalue weighted by molar-refractivity contribution is -0.133. The monoisotopic (exact) mass is 468 g/mol. The minimum Gasteiger partial charge on any atom is -1.00 e. The molecule has 0 amide bonds. The van der Waals surface area contributed by atoms with Gasteiger partial charge in [-0.05, 0) is 77.5 Å². The van der Waals surface area contributed by atoms with Gasteiger partial charge in [0.1, 0.15) is 10.9 Å². The molecule has 8 heterocycles. The van der Waals surface area contributed by atoms with E-state index in [1.807, 2.05) is 23.5 Å². The predicted octanol–water partition coefficient (Wildman–Crippen LogP) is -2.87. The fourth-order valence-corrected chi connectivity index (χ4v) is 8.50. The van der Waals surface area contributed by atoms with Crippen molar-refractivity contribution in [3.05, 3.63) is 0 Å². The molecule has 0 unspecified atom stereocenters. The third-order valence-corrected chi connectivity index (χ3v) is 10.0. The topological polar surface area (TPSA) is 24.9 Å². The van der Waals surface area contributed by atoms with Gasteiger partial charge in [0.05, 0.1) is 11.2 Å². The molecule has 4 atom stereocenters. The van der Waals surface area contributed by atoms with Crippen LogP contribution in [0.25, 0.3) is 0 Å². The Balaban J connectivity index is 0.000000150. The van der Waals surface area contributed by atoms with E-state index in [9.17, 15) is 0 Å². The standard InChI is InChI=1S/2C10H17NOS.2ClH/c2*1-8-12-10(7-13-8)6-11-4-2-9(10)3-5-11;;/h2*8-9H,2-7H2,1H3;2*1H/p-2/t2*8-,10-;;/m10../s1. The van der Waals surface area contributed by atoms with Gasteiger partial charge in [0.2, 0.25) is 0 Å². The van der Waals surface area contributed by atoms with Crippen molar-refractivity contribution in [1.82, 2.24) is 9.80 Å². The van der Waals surface area contributed by atoms with Gasteiger partial charge in [0.15, 0.2) is 0 Å². The van der Waals surface area contributed by atoms with Crippen LogP contribution in [0.4, 0.5) is 0 Å². The lowest BCUT2D eigenvalue weighted by atomic mass is 9.76. The van der Waals surface area contributed by atoms with Crippen molar-refractivity contribution in [1.29, 1.82) is 0 Å². The molecule has 8 saturated heterocycles. The highest BCUT2D eigenvalue weighted by atomic mass is 35.5. The summed E-state index contributed by atoms with van der Waals surface area (Å²) in [5.41, 5.74) is 1.36. The number of rotatable bonds is 0. The highest BCUT2D eigenvalue weighted by Gasteiger charge is 2.52. The Bertz CT molecular complexity index is 486. The van der Waals surface area contributed by atoms with Gasteiger partial charge in [-0.25, -0.2) is 0 Å². The molecule has 0 aliphatic carbocycles. The summed E-state index contributed by atoms with van der Waals surface area (Å²) in [5, 5.41) is 0. The summed E-state index contributed by atoms with van der Waals surface area (Å²) in [6, 6.07) is 0. The van der Waals surface area contributed by atoms with Gasteiger partial charge in [-0.3, -0.25) is 0 Å². The first kappa shape index (κ1) is 23.8. The van der Waals surface area contributed by atoms with Crippen LogP contribution in [0.15, 0.2) is 0 Å². The normalized spacial score (nSPS) is 50.8. The molecule has 8 rings (SSSR count). The van der Waals surface area contributed by atoms with E-state index in [1.165, 1.54) is 76.5 Å². The smallest absolute Gasteiger partial charge is 0.101 e. The first-order valence-corrected chi connectivity index (χ1v) is 12.7. The van der Waals surface area contributed by atoms with Crippen LogP contribution >= 0.6 is 23.5 Å². The summed E-state index contributed by atoms with van der Waals surface area (Å²) in [5.74, 6) is 4.18. The van der Waals surface area contributed by atoms with Crippen LogP contribution in [0, 0.1) is 11.8 Å². The molecule has 0 aromatic heterocycles. The Kier molecular flexibility index (Phi) is 7.91. The fraction of sp³-hybridized carbons (Fsp3) is 1.00. The van der Waals surface area contributed by atoms with E-state index in [4.69, 9.17) is 9.47 Å². The van der Waals surface area contributed by atoms with E-state index < -0.39 is 0 Å². The largest absolute Gasteiger partial charge is 1.00 e. The zero-order valence-corrected chi connectivity index (χ0v) is 20.2. The number of halogens is 2. The number of hydrogen-bond acceptors (Lipinski definition) is 6. The van der Waals surface area contributed by atoms with Crippen molar-refractivity contribution in [3.8, 4) is 0 Å². The van der Waals surface area contributed by atoms with E-state index in [0.29, 0.717) is 10.9 Å². The summed E-state index contributed by atoms with van der Waals surface area (Å²) in [7, 11) is 0. The maximum absolute atomic E-state index is 6.14. The van der Waals surface area contributed by atoms with Gasteiger partial charge in [-0.15, -0.1) is 23.5 Å². The molecule has 28 heavy (non-hydrogen) atoms. The van der Waals surface area contributed by atoms with E-state index in [0.717, 1.165) is 11.8 Å². The molecule has 8 aliphatic rings. The van der Waals surface area contributed by atoms with Crippen LogP contribution in [-0.4, -0.2) is 82.6 Å². The van der Waals surface area contributed by atoms with Crippen molar-refractivity contribution >= 4 is 23.5 Å². The average molecular weight is 470 g/mol. The zero-order chi connectivity index (χ0) is 17.8. The minimum absolute atomic E-state index is 0. The molecular formula is C20H34Cl2N2O2S2-2. The molecule has 4 nitrogen and oxygen atoms in total. The van der Waals surface area contributed by atoms with Gasteiger partial charge in [-0.1, -0.05) is 0 Å². The third kappa shape index (κ3) is 4.36. The molecule has 0 N–H and O–H groups in total. The van der Waals surface area contributed by atoms with Crippen LogP contribution in [-0.2, 0) is 9.47 Å². The highest BCUT2D eigenvalue weighted by Crippen LogP contribution is 2.47. The first-order chi connectivity index (χ1) is 12.6. The van der Waals surface area contributed by atoms with E-state index in [2.05, 4.69) is 23.6 Å². The first-order valence-electron chi connectivity index (χ1n) is 10.6. The Hall–Kier alpha value is 1.12. The highest BCUT2D eigenvalue weighted by molar-refractivity contribution is 8.00. The second-order valence-corrected chi connectivity index (χ2v) is 11.8. The van der Waals surface area contributed by atoms with Crippen LogP contribution in [0.5, 0.6) is 0 Å². The average Bonchev–Trinajstić information content (AvgIpc) is 3.20. The quantitative estimate of drug-likeness (QED) is 0.379. The Morgan fingerprint density at radius 2 is 1.04 bits per heavy atom. The summed E-state index contributed by atoms with van der Waals surface area (Å²) in [4.78, 5) is 5.16. The fourth-order valence-electron chi connectivity index (χ4n) is 6.16. The van der Waals surface area contributed by atoms with Gasteiger partial charge < -0.3 is 44.1 Å². The summed E-state index contributed by atoms with van der Waals surface area (Å²) < 4.78 is 12.3. The van der Waals surface area contributed by atoms with Gasteiger partial charge >= 0.3 is 0 Å². The second kappa shape index (κ2) is 9.32. The van der Waals surface area contributed by atoms with E-state index in [1.54, 1.807) is 0 Å². The molecule has 0 aromatic carbocycles. The number of fused-ring (bicyclic) bond motifs is 4. The molecule has 164 valence electrons. The molecule has 0 saturated carbocycles. The molecule has 8 fully saturated rings. The van der Waals surface area contributed by atoms with Crippen molar-refractivity contribution in [3.63, 3.8) is 0 Å². The Morgan fingerprint density at radius 3 is 1.25 bits per heavy atom. The van der Waals surface area contributed by atoms with Crippen LogP contribution in [0.1, 0.15) is 39.5 Å². The van der Waals surface area contributed by atoms with E-state index in [-0.39, 0.29) is 36.0 Å². The van der Waals surface area contributed by atoms with Crippen LogP contribution in [0.2, 0.25) is 0 Å². The third-order valence-electron chi connectivity index (χ3n) is 7.57. The molecular weight excluding hydrogens is 435 g/mol. The minimum atomic E-state index is 0. The number of hydrogen-bond donors (Lipinski definition) is 0.